The number of hydrogen-bond acceptors (Lipinski definition) is 6. The van der Waals surface area contributed by atoms with Crippen molar-refractivity contribution in [2.75, 3.05) is 12.9 Å². The third-order valence-corrected chi connectivity index (χ3v) is 2.43. The fourth-order valence-electron chi connectivity index (χ4n) is 1.19. The maximum Gasteiger partial charge on any atom is 0.323 e. The van der Waals surface area contributed by atoms with Crippen LogP contribution in [0.1, 0.15) is 12.8 Å². The molecule has 0 aromatic rings. The Kier molecular flexibility index (Phi) is 3.46. The van der Waals surface area contributed by atoms with Gasteiger partial charge in [-0.05, 0) is 0 Å². The van der Waals surface area contributed by atoms with Gasteiger partial charge in [-0.15, -0.1) is 0 Å². The Bertz CT molecular complexity index is 312. The minimum Gasteiger partial charge on any atom is -0.461 e. The van der Waals surface area contributed by atoms with Crippen LogP contribution in [0, 0.1) is 0 Å². The molecule has 1 aliphatic heterocycles. The van der Waals surface area contributed by atoms with E-state index >= 15 is 0 Å². The molecule has 0 radical (unpaired) electrons. The predicted molar refractivity (Wildman–Crippen MR) is 47.9 cm³/mol. The normalized spacial score (nSPS) is 27.7. The van der Waals surface area contributed by atoms with Crippen LogP contribution in [0.5, 0.6) is 0 Å². The topological polar surface area (TPSA) is 95.7 Å². The third kappa shape index (κ3) is 3.60. The van der Waals surface area contributed by atoms with Crippen molar-refractivity contribution in [1.82, 2.24) is 0 Å². The summed E-state index contributed by atoms with van der Waals surface area (Å²) in [4.78, 5) is 10.8. The average Bonchev–Trinajstić information content (AvgIpc) is 2.28. The van der Waals surface area contributed by atoms with E-state index in [1.165, 1.54) is 0 Å². The summed E-state index contributed by atoms with van der Waals surface area (Å²) in [6.45, 7) is 0.0174. The van der Waals surface area contributed by atoms with E-state index in [9.17, 15) is 13.2 Å². The van der Waals surface area contributed by atoms with Gasteiger partial charge in [0.15, 0.2) is 0 Å². The van der Waals surface area contributed by atoms with Crippen molar-refractivity contribution >= 4 is 16.1 Å². The lowest BCUT2D eigenvalue weighted by Crippen LogP contribution is -2.24. The minimum atomic E-state index is -3.41. The van der Waals surface area contributed by atoms with Crippen molar-refractivity contribution in [3.8, 4) is 0 Å². The van der Waals surface area contributed by atoms with Gasteiger partial charge in [0.1, 0.15) is 12.1 Å². The monoisotopic (exact) mass is 223 g/mol. The summed E-state index contributed by atoms with van der Waals surface area (Å²) in [7, 11) is -3.41. The number of rotatable bonds is 4. The van der Waals surface area contributed by atoms with Crippen molar-refractivity contribution in [1.29, 1.82) is 0 Å². The Morgan fingerprint density at radius 1 is 1.64 bits per heavy atom. The summed E-state index contributed by atoms with van der Waals surface area (Å²) in [6.07, 6.45) is 1.43. The SMILES string of the molecule is CS(=O)(=O)OCC[C@@H]1C[C@H](N)C(=O)O1. The quantitative estimate of drug-likeness (QED) is 0.485. The summed E-state index contributed by atoms with van der Waals surface area (Å²) in [6, 6.07) is -0.585. The molecule has 1 heterocycles. The second-order valence-electron chi connectivity index (χ2n) is 3.22. The molecule has 1 rings (SSSR count). The van der Waals surface area contributed by atoms with Crippen LogP contribution in [0.4, 0.5) is 0 Å². The zero-order chi connectivity index (χ0) is 10.8. The number of carbonyl (C=O) groups excluding carboxylic acids is 1. The maximum absolute atomic E-state index is 10.8. The van der Waals surface area contributed by atoms with Crippen LogP contribution in [0.25, 0.3) is 0 Å². The first-order chi connectivity index (χ1) is 6.38. The molecular formula is C7H13NO5S. The van der Waals surface area contributed by atoms with Crippen molar-refractivity contribution in [3.05, 3.63) is 0 Å². The van der Waals surface area contributed by atoms with Crippen LogP contribution in [0.15, 0.2) is 0 Å². The van der Waals surface area contributed by atoms with Gasteiger partial charge in [-0.3, -0.25) is 8.98 Å². The molecule has 0 aliphatic carbocycles. The standard InChI is InChI=1S/C7H13NO5S/c1-14(10,11)12-3-2-5-4-6(8)7(9)13-5/h5-6H,2-4,8H2,1H3/t5-,6+/m1/s1. The number of carbonyl (C=O) groups is 1. The molecule has 1 saturated heterocycles. The molecule has 0 amide bonds. The molecule has 0 spiro atoms. The zero-order valence-electron chi connectivity index (χ0n) is 7.80. The van der Waals surface area contributed by atoms with Gasteiger partial charge in [0.05, 0.1) is 12.9 Å². The fourth-order valence-corrected chi connectivity index (χ4v) is 1.59. The van der Waals surface area contributed by atoms with Gasteiger partial charge in [-0.25, -0.2) is 0 Å². The molecule has 0 unspecified atom stereocenters. The molecule has 14 heavy (non-hydrogen) atoms. The zero-order valence-corrected chi connectivity index (χ0v) is 8.62. The van der Waals surface area contributed by atoms with Crippen LogP contribution in [0.2, 0.25) is 0 Å². The molecule has 7 heteroatoms. The fraction of sp³-hybridized carbons (Fsp3) is 0.857. The first-order valence-corrected chi connectivity index (χ1v) is 6.00. The molecule has 82 valence electrons. The molecule has 1 aliphatic rings. The van der Waals surface area contributed by atoms with Crippen molar-refractivity contribution < 1.29 is 22.1 Å². The van der Waals surface area contributed by atoms with Crippen LogP contribution in [-0.4, -0.2) is 39.4 Å². The smallest absolute Gasteiger partial charge is 0.323 e. The highest BCUT2D eigenvalue weighted by molar-refractivity contribution is 7.85. The van der Waals surface area contributed by atoms with E-state index in [-0.39, 0.29) is 12.7 Å². The molecule has 0 aromatic heterocycles. The number of hydrogen-bond donors (Lipinski definition) is 1. The van der Waals surface area contributed by atoms with E-state index in [1.807, 2.05) is 0 Å². The van der Waals surface area contributed by atoms with Gasteiger partial charge in [-0.2, -0.15) is 8.42 Å². The summed E-state index contributed by atoms with van der Waals surface area (Å²) in [5.74, 6) is -0.436. The average molecular weight is 223 g/mol. The van der Waals surface area contributed by atoms with Gasteiger partial charge in [0.25, 0.3) is 10.1 Å². The molecule has 0 saturated carbocycles. The Balaban J connectivity index is 2.24. The second kappa shape index (κ2) is 4.24. The molecular weight excluding hydrogens is 210 g/mol. The predicted octanol–water partition coefficient (Wildman–Crippen LogP) is -1.00. The Hall–Kier alpha value is -0.660. The molecule has 1 fully saturated rings. The number of cyclic esters (lactones) is 1. The van der Waals surface area contributed by atoms with E-state index in [1.54, 1.807) is 0 Å². The maximum atomic E-state index is 10.8. The second-order valence-corrected chi connectivity index (χ2v) is 4.86. The van der Waals surface area contributed by atoms with Crippen LogP contribution >= 0.6 is 0 Å². The summed E-state index contributed by atoms with van der Waals surface area (Å²) < 4.78 is 30.5. The van der Waals surface area contributed by atoms with E-state index in [0.29, 0.717) is 12.8 Å². The van der Waals surface area contributed by atoms with E-state index in [2.05, 4.69) is 4.18 Å². The van der Waals surface area contributed by atoms with E-state index in [0.717, 1.165) is 6.26 Å². The molecule has 6 nitrogen and oxygen atoms in total. The van der Waals surface area contributed by atoms with Gasteiger partial charge in [-0.1, -0.05) is 0 Å². The van der Waals surface area contributed by atoms with Crippen molar-refractivity contribution in [2.24, 2.45) is 5.73 Å². The first kappa shape index (κ1) is 11.4. The highest BCUT2D eigenvalue weighted by Crippen LogP contribution is 2.16. The largest absolute Gasteiger partial charge is 0.461 e. The summed E-state index contributed by atoms with van der Waals surface area (Å²) in [5, 5.41) is 0. The van der Waals surface area contributed by atoms with Gasteiger partial charge >= 0.3 is 5.97 Å². The third-order valence-electron chi connectivity index (χ3n) is 1.84. The molecule has 2 N–H and O–H groups in total. The molecule has 2 atom stereocenters. The number of esters is 1. The Labute approximate surface area is 82.5 Å². The highest BCUT2D eigenvalue weighted by Gasteiger charge is 2.31. The van der Waals surface area contributed by atoms with Crippen molar-refractivity contribution in [2.45, 2.75) is 25.0 Å². The summed E-state index contributed by atoms with van der Waals surface area (Å²) >= 11 is 0. The van der Waals surface area contributed by atoms with Crippen LogP contribution in [0.3, 0.4) is 0 Å². The van der Waals surface area contributed by atoms with Crippen LogP contribution in [-0.2, 0) is 23.8 Å². The van der Waals surface area contributed by atoms with Crippen LogP contribution < -0.4 is 5.73 Å². The Morgan fingerprint density at radius 2 is 2.29 bits per heavy atom. The molecule has 0 bridgehead atoms. The van der Waals surface area contributed by atoms with E-state index in [4.69, 9.17) is 10.5 Å². The lowest BCUT2D eigenvalue weighted by atomic mass is 10.1. The van der Waals surface area contributed by atoms with Gasteiger partial charge in [0.2, 0.25) is 0 Å². The number of ether oxygens (including phenoxy) is 1. The lowest BCUT2D eigenvalue weighted by molar-refractivity contribution is -0.142. The van der Waals surface area contributed by atoms with Crippen molar-refractivity contribution in [3.63, 3.8) is 0 Å². The minimum absolute atomic E-state index is 0.0174. The number of nitrogens with two attached hydrogens (primary N) is 1. The van der Waals surface area contributed by atoms with E-state index < -0.39 is 22.1 Å². The Morgan fingerprint density at radius 3 is 2.71 bits per heavy atom. The molecule has 0 aromatic carbocycles. The lowest BCUT2D eigenvalue weighted by Gasteiger charge is -2.07. The van der Waals surface area contributed by atoms with Gasteiger partial charge < -0.3 is 10.5 Å². The first-order valence-electron chi connectivity index (χ1n) is 4.19. The highest BCUT2D eigenvalue weighted by atomic mass is 32.2. The summed E-state index contributed by atoms with van der Waals surface area (Å²) in [5.41, 5.74) is 5.39. The van der Waals surface area contributed by atoms with Gasteiger partial charge in [0, 0.05) is 12.8 Å².